The number of thiophene rings is 1. The molecule has 0 aliphatic carbocycles. The van der Waals surface area contributed by atoms with E-state index in [-0.39, 0.29) is 30.0 Å². The van der Waals surface area contributed by atoms with Crippen molar-refractivity contribution in [3.8, 4) is 5.75 Å². The first kappa shape index (κ1) is 25.1. The summed E-state index contributed by atoms with van der Waals surface area (Å²) >= 11 is 1.16. The van der Waals surface area contributed by atoms with Crippen LogP contribution in [0.15, 0.2) is 53.6 Å². The van der Waals surface area contributed by atoms with Gasteiger partial charge in [0.25, 0.3) is 11.5 Å². The number of carbonyl (C=O) groups excluding carboxylic acids is 2. The minimum absolute atomic E-state index is 0.0543. The van der Waals surface area contributed by atoms with E-state index >= 15 is 0 Å². The zero-order chi connectivity index (χ0) is 26.0. The largest absolute Gasteiger partial charge is 0.491 e. The predicted molar refractivity (Wildman–Crippen MR) is 143 cm³/mol. The molecule has 0 spiro atoms. The number of hydrogen-bond acceptors (Lipinski definition) is 6. The van der Waals surface area contributed by atoms with Gasteiger partial charge in [-0.2, -0.15) is 0 Å². The van der Waals surface area contributed by atoms with Gasteiger partial charge in [0, 0.05) is 11.4 Å². The normalized spacial score (nSPS) is 11.1. The molecule has 0 unspecified atom stereocenters. The molecule has 2 aromatic carbocycles. The van der Waals surface area contributed by atoms with Crippen molar-refractivity contribution in [1.82, 2.24) is 9.55 Å². The third-order valence-corrected chi connectivity index (χ3v) is 6.78. The van der Waals surface area contributed by atoms with Crippen molar-refractivity contribution in [3.63, 3.8) is 0 Å². The van der Waals surface area contributed by atoms with Crippen LogP contribution in [0.4, 0.5) is 11.4 Å². The summed E-state index contributed by atoms with van der Waals surface area (Å²) in [6.07, 6.45) is 1.39. The van der Waals surface area contributed by atoms with E-state index in [0.717, 1.165) is 22.5 Å². The highest BCUT2D eigenvalue weighted by atomic mass is 32.1. The maximum Gasteiger partial charge on any atom is 0.266 e. The van der Waals surface area contributed by atoms with Gasteiger partial charge in [-0.15, -0.1) is 11.3 Å². The fraction of sp³-hybridized carbons (Fsp3) is 0.259. The third kappa shape index (κ3) is 5.46. The van der Waals surface area contributed by atoms with Gasteiger partial charge in [0.05, 0.1) is 22.7 Å². The molecular weight excluding hydrogens is 476 g/mol. The first-order valence-electron chi connectivity index (χ1n) is 11.6. The molecule has 8 nitrogen and oxygen atoms in total. The molecule has 36 heavy (non-hydrogen) atoms. The number of amides is 2. The topological polar surface area (TPSA) is 102 Å². The lowest BCUT2D eigenvalue weighted by Gasteiger charge is -2.11. The van der Waals surface area contributed by atoms with E-state index in [2.05, 4.69) is 15.6 Å². The van der Waals surface area contributed by atoms with E-state index in [9.17, 15) is 14.4 Å². The van der Waals surface area contributed by atoms with Gasteiger partial charge in [0.2, 0.25) is 5.91 Å². The van der Waals surface area contributed by atoms with Crippen molar-refractivity contribution in [1.29, 1.82) is 0 Å². The number of fused-ring (bicyclic) bond motifs is 1. The standard InChI is InChI=1S/C27H28N4O4S/c1-15(2)35-20-9-7-19(8-10-20)29-22(32)13-31-14-28-26-23(27(31)34)18(5)24(36-26)25(33)30-21-11-6-16(3)12-17(21)4/h6-12,14-15H,13H2,1-5H3,(H,29,32)(H,30,33). The molecule has 4 rings (SSSR count). The van der Waals surface area contributed by atoms with E-state index in [0.29, 0.717) is 37.8 Å². The molecule has 2 amide bonds. The van der Waals surface area contributed by atoms with E-state index in [1.165, 1.54) is 10.9 Å². The number of carbonyl (C=O) groups is 2. The van der Waals surface area contributed by atoms with Crippen LogP contribution >= 0.6 is 11.3 Å². The van der Waals surface area contributed by atoms with Gasteiger partial charge >= 0.3 is 0 Å². The maximum atomic E-state index is 13.2. The lowest BCUT2D eigenvalue weighted by molar-refractivity contribution is -0.116. The second-order valence-electron chi connectivity index (χ2n) is 8.93. The van der Waals surface area contributed by atoms with Gasteiger partial charge < -0.3 is 15.4 Å². The molecule has 0 radical (unpaired) electrons. The summed E-state index contributed by atoms with van der Waals surface area (Å²) in [5, 5.41) is 6.05. The highest BCUT2D eigenvalue weighted by Crippen LogP contribution is 2.28. The van der Waals surface area contributed by atoms with Crippen LogP contribution in [0.2, 0.25) is 0 Å². The Balaban J connectivity index is 1.52. The molecule has 0 bridgehead atoms. The number of rotatable bonds is 7. The molecule has 4 aromatic rings. The quantitative estimate of drug-likeness (QED) is 0.366. The second kappa shape index (κ2) is 10.3. The lowest BCUT2D eigenvalue weighted by atomic mass is 10.1. The lowest BCUT2D eigenvalue weighted by Crippen LogP contribution is -2.28. The molecule has 0 atom stereocenters. The number of hydrogen-bond donors (Lipinski definition) is 2. The van der Waals surface area contributed by atoms with Crippen LogP contribution < -0.4 is 20.9 Å². The molecular formula is C27H28N4O4S. The van der Waals surface area contributed by atoms with Crippen LogP contribution in [0, 0.1) is 20.8 Å². The molecule has 0 saturated carbocycles. The van der Waals surface area contributed by atoms with Crippen LogP contribution in [0.1, 0.15) is 40.2 Å². The molecule has 0 aliphatic heterocycles. The Bertz CT molecular complexity index is 1500. The van der Waals surface area contributed by atoms with Gasteiger partial charge in [0.15, 0.2) is 0 Å². The molecule has 0 fully saturated rings. The Labute approximate surface area is 212 Å². The fourth-order valence-electron chi connectivity index (χ4n) is 3.87. The minimum Gasteiger partial charge on any atom is -0.491 e. The SMILES string of the molecule is Cc1ccc(NC(=O)c2sc3ncn(CC(=O)Nc4ccc(OC(C)C)cc4)c(=O)c3c2C)c(C)c1. The van der Waals surface area contributed by atoms with E-state index < -0.39 is 0 Å². The molecule has 0 aliphatic rings. The average Bonchev–Trinajstić information content (AvgIpc) is 3.15. The van der Waals surface area contributed by atoms with Crippen molar-refractivity contribution in [3.05, 3.63) is 80.7 Å². The predicted octanol–water partition coefficient (Wildman–Crippen LogP) is 5.06. The van der Waals surface area contributed by atoms with Gasteiger partial charge in [-0.25, -0.2) is 4.98 Å². The summed E-state index contributed by atoms with van der Waals surface area (Å²) in [4.78, 5) is 44.0. The van der Waals surface area contributed by atoms with E-state index in [4.69, 9.17) is 4.74 Å². The van der Waals surface area contributed by atoms with Crippen LogP contribution in [0.25, 0.3) is 10.2 Å². The summed E-state index contributed by atoms with van der Waals surface area (Å²) < 4.78 is 6.86. The number of benzene rings is 2. The Morgan fingerprint density at radius 3 is 2.44 bits per heavy atom. The Hall–Kier alpha value is -3.98. The Morgan fingerprint density at radius 1 is 1.06 bits per heavy atom. The van der Waals surface area contributed by atoms with Crippen molar-refractivity contribution in [2.45, 2.75) is 47.3 Å². The summed E-state index contributed by atoms with van der Waals surface area (Å²) in [7, 11) is 0. The van der Waals surface area contributed by atoms with Crippen molar-refractivity contribution in [2.24, 2.45) is 0 Å². The molecule has 2 aromatic heterocycles. The van der Waals surface area contributed by atoms with Crippen molar-refractivity contribution >= 4 is 44.7 Å². The Kier molecular flexibility index (Phi) is 7.21. The fourth-order valence-corrected chi connectivity index (χ4v) is 4.90. The van der Waals surface area contributed by atoms with Crippen molar-refractivity contribution in [2.75, 3.05) is 10.6 Å². The number of aryl methyl sites for hydroxylation is 3. The third-order valence-electron chi connectivity index (χ3n) is 5.58. The first-order chi connectivity index (χ1) is 17.1. The summed E-state index contributed by atoms with van der Waals surface area (Å²) in [6, 6.07) is 12.8. The van der Waals surface area contributed by atoms with Gasteiger partial charge in [0.1, 0.15) is 17.1 Å². The van der Waals surface area contributed by atoms with E-state index in [1.54, 1.807) is 31.2 Å². The number of nitrogens with one attached hydrogen (secondary N) is 2. The average molecular weight is 505 g/mol. The minimum atomic E-state index is -0.366. The van der Waals surface area contributed by atoms with Gasteiger partial charge in [-0.05, 0) is 76.1 Å². The maximum absolute atomic E-state index is 13.2. The zero-order valence-corrected chi connectivity index (χ0v) is 21.7. The van der Waals surface area contributed by atoms with Crippen LogP contribution in [0.3, 0.4) is 0 Å². The number of aromatic nitrogens is 2. The zero-order valence-electron chi connectivity index (χ0n) is 20.8. The Morgan fingerprint density at radius 2 is 1.78 bits per heavy atom. The van der Waals surface area contributed by atoms with Gasteiger partial charge in [-0.1, -0.05) is 17.7 Å². The molecule has 186 valence electrons. The highest BCUT2D eigenvalue weighted by Gasteiger charge is 2.20. The van der Waals surface area contributed by atoms with Crippen LogP contribution in [-0.4, -0.2) is 27.5 Å². The molecule has 9 heteroatoms. The van der Waals surface area contributed by atoms with E-state index in [1.807, 2.05) is 45.9 Å². The molecule has 0 saturated heterocycles. The summed E-state index contributed by atoms with van der Waals surface area (Å²) in [5.74, 6) is 0.0479. The second-order valence-corrected chi connectivity index (χ2v) is 9.92. The smallest absolute Gasteiger partial charge is 0.266 e. The van der Waals surface area contributed by atoms with Gasteiger partial charge in [-0.3, -0.25) is 19.0 Å². The van der Waals surface area contributed by atoms with Crippen LogP contribution in [0.5, 0.6) is 5.75 Å². The first-order valence-corrected chi connectivity index (χ1v) is 12.4. The monoisotopic (exact) mass is 504 g/mol. The number of anilines is 2. The number of ether oxygens (including phenoxy) is 1. The highest BCUT2D eigenvalue weighted by molar-refractivity contribution is 7.20. The van der Waals surface area contributed by atoms with Crippen LogP contribution in [-0.2, 0) is 11.3 Å². The summed E-state index contributed by atoms with van der Waals surface area (Å²) in [5.41, 5.74) is 3.55. The summed E-state index contributed by atoms with van der Waals surface area (Å²) in [6.45, 7) is 9.32. The number of nitrogens with zero attached hydrogens (tertiary/aromatic N) is 2. The molecule has 2 heterocycles. The van der Waals surface area contributed by atoms with Crippen molar-refractivity contribution < 1.29 is 14.3 Å². The molecule has 2 N–H and O–H groups in total.